The second-order valence-corrected chi connectivity index (χ2v) is 8.15. The van der Waals surface area contributed by atoms with Crippen molar-refractivity contribution in [3.63, 3.8) is 0 Å². The van der Waals surface area contributed by atoms with Crippen molar-refractivity contribution in [1.29, 1.82) is 0 Å². The predicted molar refractivity (Wildman–Crippen MR) is 83.9 cm³/mol. The van der Waals surface area contributed by atoms with E-state index in [1.807, 2.05) is 18.2 Å². The monoisotopic (exact) mass is 309 g/mol. The third-order valence-corrected chi connectivity index (χ3v) is 5.91. The number of amides is 1. The zero-order valence-electron chi connectivity index (χ0n) is 12.4. The van der Waals surface area contributed by atoms with Gasteiger partial charge in [-0.15, -0.1) is 0 Å². The second-order valence-electron chi connectivity index (χ2n) is 5.92. The van der Waals surface area contributed by atoms with Gasteiger partial charge >= 0.3 is 0 Å². The highest BCUT2D eigenvalue weighted by atomic mass is 32.2. The van der Waals surface area contributed by atoms with Gasteiger partial charge in [0.1, 0.15) is 0 Å². The van der Waals surface area contributed by atoms with Crippen LogP contribution in [0.25, 0.3) is 0 Å². The normalized spacial score (nSPS) is 21.9. The number of carbonyl (C=O) groups is 1. The third-order valence-electron chi connectivity index (χ3n) is 4.07. The zero-order chi connectivity index (χ0) is 15.3. The SMILES string of the molecule is C[C@@H](CCNC(=O)C[C@@H]1CCS(=O)(=O)C1)c1ccccc1. The molecule has 1 fully saturated rings. The fourth-order valence-corrected chi connectivity index (χ4v) is 4.61. The smallest absolute Gasteiger partial charge is 0.220 e. The van der Waals surface area contributed by atoms with Crippen LogP contribution in [0.4, 0.5) is 0 Å². The molecule has 1 aromatic rings. The molecule has 0 unspecified atom stereocenters. The molecule has 2 rings (SSSR count). The average Bonchev–Trinajstić information content (AvgIpc) is 2.78. The van der Waals surface area contributed by atoms with Gasteiger partial charge in [0.15, 0.2) is 9.84 Å². The molecular formula is C16H23NO3S. The summed E-state index contributed by atoms with van der Waals surface area (Å²) in [6.07, 6.45) is 1.84. The number of rotatable bonds is 6. The number of hydrogen-bond donors (Lipinski definition) is 1. The van der Waals surface area contributed by atoms with Gasteiger partial charge in [0.2, 0.25) is 5.91 Å². The Morgan fingerprint density at radius 1 is 1.33 bits per heavy atom. The summed E-state index contributed by atoms with van der Waals surface area (Å²) in [6, 6.07) is 10.2. The highest BCUT2D eigenvalue weighted by Gasteiger charge is 2.29. The molecule has 0 radical (unpaired) electrons. The quantitative estimate of drug-likeness (QED) is 0.875. The Bertz CT molecular complexity index is 568. The first kappa shape index (κ1) is 16.0. The highest BCUT2D eigenvalue weighted by molar-refractivity contribution is 7.91. The van der Waals surface area contributed by atoms with Gasteiger partial charge in [-0.25, -0.2) is 8.42 Å². The van der Waals surface area contributed by atoms with E-state index in [2.05, 4.69) is 24.4 Å². The van der Waals surface area contributed by atoms with Gasteiger partial charge in [-0.1, -0.05) is 37.3 Å². The minimum Gasteiger partial charge on any atom is -0.356 e. The molecule has 116 valence electrons. The molecule has 4 nitrogen and oxygen atoms in total. The first-order valence-corrected chi connectivity index (χ1v) is 9.30. The van der Waals surface area contributed by atoms with Crippen LogP contribution in [0.2, 0.25) is 0 Å². The lowest BCUT2D eigenvalue weighted by atomic mass is 9.98. The number of nitrogens with one attached hydrogen (secondary N) is 1. The van der Waals surface area contributed by atoms with Crippen LogP contribution >= 0.6 is 0 Å². The molecule has 5 heteroatoms. The van der Waals surface area contributed by atoms with E-state index in [1.165, 1.54) is 5.56 Å². The molecule has 1 amide bonds. The highest BCUT2D eigenvalue weighted by Crippen LogP contribution is 2.21. The first-order chi connectivity index (χ1) is 9.96. The fourth-order valence-electron chi connectivity index (χ4n) is 2.74. The van der Waals surface area contributed by atoms with Crippen LogP contribution in [0.3, 0.4) is 0 Å². The molecule has 1 aromatic carbocycles. The summed E-state index contributed by atoms with van der Waals surface area (Å²) in [6.45, 7) is 2.78. The van der Waals surface area contributed by atoms with Crippen molar-refractivity contribution in [2.24, 2.45) is 5.92 Å². The number of sulfone groups is 1. The van der Waals surface area contributed by atoms with Gasteiger partial charge in [-0.05, 0) is 30.2 Å². The van der Waals surface area contributed by atoms with Crippen molar-refractivity contribution in [2.45, 2.75) is 32.1 Å². The summed E-state index contributed by atoms with van der Waals surface area (Å²) in [5, 5.41) is 2.90. The van der Waals surface area contributed by atoms with Crippen molar-refractivity contribution in [1.82, 2.24) is 5.32 Å². The molecule has 1 heterocycles. The van der Waals surface area contributed by atoms with E-state index in [0.29, 0.717) is 25.3 Å². The molecule has 0 aromatic heterocycles. The van der Waals surface area contributed by atoms with E-state index in [4.69, 9.17) is 0 Å². The van der Waals surface area contributed by atoms with Crippen LogP contribution in [-0.4, -0.2) is 32.4 Å². The largest absolute Gasteiger partial charge is 0.356 e. The Balaban J connectivity index is 1.68. The van der Waals surface area contributed by atoms with Crippen LogP contribution < -0.4 is 5.32 Å². The summed E-state index contributed by atoms with van der Waals surface area (Å²) in [5.74, 6) is 0.772. The Labute approximate surface area is 126 Å². The van der Waals surface area contributed by atoms with E-state index < -0.39 is 9.84 Å². The van der Waals surface area contributed by atoms with E-state index in [-0.39, 0.29) is 23.3 Å². The van der Waals surface area contributed by atoms with Gasteiger partial charge in [0.25, 0.3) is 0 Å². The minimum absolute atomic E-state index is 0.00143. The van der Waals surface area contributed by atoms with Crippen LogP contribution in [0.5, 0.6) is 0 Å². The number of carbonyl (C=O) groups excluding carboxylic acids is 1. The van der Waals surface area contributed by atoms with Gasteiger partial charge in [0, 0.05) is 13.0 Å². The molecule has 1 aliphatic rings. The maximum absolute atomic E-state index is 11.8. The molecule has 0 saturated carbocycles. The number of hydrogen-bond acceptors (Lipinski definition) is 3. The Kier molecular flexibility index (Phi) is 5.39. The summed E-state index contributed by atoms with van der Waals surface area (Å²) >= 11 is 0. The number of benzene rings is 1. The van der Waals surface area contributed by atoms with Crippen LogP contribution in [0, 0.1) is 5.92 Å². The molecule has 0 bridgehead atoms. The average molecular weight is 309 g/mol. The van der Waals surface area contributed by atoms with Crippen molar-refractivity contribution >= 4 is 15.7 Å². The topological polar surface area (TPSA) is 63.2 Å². The summed E-state index contributed by atoms with van der Waals surface area (Å²) in [4.78, 5) is 11.8. The lowest BCUT2D eigenvalue weighted by molar-refractivity contribution is -0.121. The molecule has 1 N–H and O–H groups in total. The van der Waals surface area contributed by atoms with Gasteiger partial charge in [-0.3, -0.25) is 4.79 Å². The zero-order valence-corrected chi connectivity index (χ0v) is 13.2. The van der Waals surface area contributed by atoms with Gasteiger partial charge in [0.05, 0.1) is 11.5 Å². The maximum Gasteiger partial charge on any atom is 0.220 e. The third kappa shape index (κ3) is 5.16. The van der Waals surface area contributed by atoms with Crippen molar-refractivity contribution in [3.05, 3.63) is 35.9 Å². The molecule has 2 atom stereocenters. The summed E-state index contributed by atoms with van der Waals surface area (Å²) < 4.78 is 22.7. The Morgan fingerprint density at radius 2 is 2.05 bits per heavy atom. The Hall–Kier alpha value is -1.36. The summed E-state index contributed by atoms with van der Waals surface area (Å²) in [5.41, 5.74) is 1.27. The lowest BCUT2D eigenvalue weighted by Gasteiger charge is -2.13. The molecule has 1 aliphatic heterocycles. The molecule has 1 saturated heterocycles. The van der Waals surface area contributed by atoms with Crippen LogP contribution in [0.15, 0.2) is 30.3 Å². The Morgan fingerprint density at radius 3 is 2.67 bits per heavy atom. The van der Waals surface area contributed by atoms with Crippen molar-refractivity contribution in [2.75, 3.05) is 18.1 Å². The first-order valence-electron chi connectivity index (χ1n) is 7.48. The minimum atomic E-state index is -2.89. The molecule has 0 aliphatic carbocycles. The van der Waals surface area contributed by atoms with E-state index >= 15 is 0 Å². The van der Waals surface area contributed by atoms with Crippen molar-refractivity contribution in [3.8, 4) is 0 Å². The van der Waals surface area contributed by atoms with E-state index in [0.717, 1.165) is 6.42 Å². The standard InChI is InChI=1S/C16H23NO3S/c1-13(15-5-3-2-4-6-15)7-9-17-16(18)11-14-8-10-21(19,20)12-14/h2-6,13-14H,7-12H2,1H3,(H,17,18)/t13-,14-/m0/s1. The van der Waals surface area contributed by atoms with Crippen LogP contribution in [-0.2, 0) is 14.6 Å². The lowest BCUT2D eigenvalue weighted by Crippen LogP contribution is -2.27. The van der Waals surface area contributed by atoms with Crippen LogP contribution in [0.1, 0.15) is 37.7 Å². The fraction of sp³-hybridized carbons (Fsp3) is 0.562. The molecule has 21 heavy (non-hydrogen) atoms. The molecular weight excluding hydrogens is 286 g/mol. The maximum atomic E-state index is 11.8. The van der Waals surface area contributed by atoms with E-state index in [1.54, 1.807) is 0 Å². The van der Waals surface area contributed by atoms with Crippen molar-refractivity contribution < 1.29 is 13.2 Å². The second kappa shape index (κ2) is 7.07. The molecule has 0 spiro atoms. The van der Waals surface area contributed by atoms with Gasteiger partial charge in [-0.2, -0.15) is 0 Å². The summed E-state index contributed by atoms with van der Waals surface area (Å²) in [7, 11) is -2.89. The van der Waals surface area contributed by atoms with E-state index in [9.17, 15) is 13.2 Å². The predicted octanol–water partition coefficient (Wildman–Crippen LogP) is 2.12. The van der Waals surface area contributed by atoms with Gasteiger partial charge < -0.3 is 5.32 Å².